The fourth-order valence-corrected chi connectivity index (χ4v) is 3.60. The molecule has 25 heavy (non-hydrogen) atoms. The van der Waals surface area contributed by atoms with Gasteiger partial charge in [-0.25, -0.2) is 9.18 Å². The van der Waals surface area contributed by atoms with Gasteiger partial charge in [0, 0.05) is 44.6 Å². The van der Waals surface area contributed by atoms with Crippen molar-refractivity contribution in [1.82, 2.24) is 10.2 Å². The van der Waals surface area contributed by atoms with Gasteiger partial charge in [0.25, 0.3) is 0 Å². The van der Waals surface area contributed by atoms with Gasteiger partial charge in [-0.2, -0.15) is 0 Å². The molecule has 1 atom stereocenters. The average molecular weight is 349 g/mol. The molecule has 1 aromatic carbocycles. The van der Waals surface area contributed by atoms with Crippen LogP contribution in [0.25, 0.3) is 0 Å². The first-order valence-corrected chi connectivity index (χ1v) is 8.84. The van der Waals surface area contributed by atoms with Gasteiger partial charge in [0.2, 0.25) is 5.91 Å². The number of hydrogen-bond donors (Lipinski definition) is 2. The SMILES string of the molecule is CN(C(=O)N[C@@H]1CC(=O)N(c2ccc(F)cc2)C1)C1CC[NH+](C)CC1. The predicted molar refractivity (Wildman–Crippen MR) is 93.1 cm³/mol. The molecule has 2 saturated heterocycles. The second kappa shape index (κ2) is 7.39. The molecule has 0 saturated carbocycles. The van der Waals surface area contributed by atoms with Crippen LogP contribution in [-0.4, -0.2) is 62.7 Å². The number of quaternary nitrogens is 1. The number of piperidine rings is 1. The highest BCUT2D eigenvalue weighted by molar-refractivity contribution is 5.96. The second-order valence-corrected chi connectivity index (χ2v) is 7.13. The van der Waals surface area contributed by atoms with E-state index in [2.05, 4.69) is 12.4 Å². The summed E-state index contributed by atoms with van der Waals surface area (Å²) in [6, 6.07) is 5.77. The molecular weight excluding hydrogens is 323 g/mol. The summed E-state index contributed by atoms with van der Waals surface area (Å²) in [4.78, 5) is 29.6. The molecule has 0 spiro atoms. The van der Waals surface area contributed by atoms with Crippen LogP contribution >= 0.6 is 0 Å². The van der Waals surface area contributed by atoms with Crippen molar-refractivity contribution in [3.05, 3.63) is 30.1 Å². The first-order valence-electron chi connectivity index (χ1n) is 8.84. The predicted octanol–water partition coefficient (Wildman–Crippen LogP) is 0.250. The van der Waals surface area contributed by atoms with Crippen LogP contribution in [0.5, 0.6) is 0 Å². The highest BCUT2D eigenvalue weighted by Gasteiger charge is 2.33. The number of amides is 3. The molecule has 3 amide bonds. The molecular formula is C18H26FN4O2+. The molecule has 7 heteroatoms. The molecule has 0 radical (unpaired) electrons. The number of urea groups is 1. The largest absolute Gasteiger partial charge is 0.337 e. The van der Waals surface area contributed by atoms with Crippen LogP contribution in [0.4, 0.5) is 14.9 Å². The lowest BCUT2D eigenvalue weighted by molar-refractivity contribution is -0.885. The van der Waals surface area contributed by atoms with Gasteiger partial charge < -0.3 is 20.0 Å². The molecule has 1 aromatic rings. The molecule has 0 unspecified atom stereocenters. The Bertz CT molecular complexity index is 628. The molecule has 136 valence electrons. The summed E-state index contributed by atoms with van der Waals surface area (Å²) in [6.07, 6.45) is 2.27. The van der Waals surface area contributed by atoms with Crippen molar-refractivity contribution in [3.63, 3.8) is 0 Å². The highest BCUT2D eigenvalue weighted by Crippen LogP contribution is 2.22. The Labute approximate surface area is 147 Å². The van der Waals surface area contributed by atoms with E-state index in [0.29, 0.717) is 12.2 Å². The van der Waals surface area contributed by atoms with E-state index in [1.165, 1.54) is 17.0 Å². The number of benzene rings is 1. The number of nitrogens with zero attached hydrogens (tertiary/aromatic N) is 2. The number of hydrogen-bond acceptors (Lipinski definition) is 2. The first-order chi connectivity index (χ1) is 11.9. The lowest BCUT2D eigenvalue weighted by Crippen LogP contribution is -3.10. The Balaban J connectivity index is 1.55. The number of rotatable bonds is 3. The molecule has 0 bridgehead atoms. The minimum absolute atomic E-state index is 0.0533. The zero-order chi connectivity index (χ0) is 18.0. The maximum Gasteiger partial charge on any atom is 0.317 e. The van der Waals surface area contributed by atoms with Gasteiger partial charge >= 0.3 is 6.03 Å². The van der Waals surface area contributed by atoms with Gasteiger partial charge in [-0.3, -0.25) is 4.79 Å². The van der Waals surface area contributed by atoms with Crippen molar-refractivity contribution in [3.8, 4) is 0 Å². The van der Waals surface area contributed by atoms with E-state index >= 15 is 0 Å². The number of nitrogens with one attached hydrogen (secondary N) is 2. The van der Waals surface area contributed by atoms with Crippen LogP contribution in [0.2, 0.25) is 0 Å². The van der Waals surface area contributed by atoms with E-state index in [1.807, 2.05) is 7.05 Å². The molecule has 2 aliphatic rings. The summed E-state index contributed by atoms with van der Waals surface area (Å²) < 4.78 is 13.0. The fraction of sp³-hybridized carbons (Fsp3) is 0.556. The Kier molecular flexibility index (Phi) is 5.22. The fourth-order valence-electron chi connectivity index (χ4n) is 3.60. The van der Waals surface area contributed by atoms with E-state index in [9.17, 15) is 14.0 Å². The van der Waals surface area contributed by atoms with Gasteiger partial charge in [0.15, 0.2) is 0 Å². The van der Waals surface area contributed by atoms with Gasteiger partial charge in [-0.15, -0.1) is 0 Å². The third kappa shape index (κ3) is 4.10. The van der Waals surface area contributed by atoms with Crippen LogP contribution in [0.15, 0.2) is 24.3 Å². The maximum atomic E-state index is 13.0. The smallest absolute Gasteiger partial charge is 0.317 e. The third-order valence-corrected chi connectivity index (χ3v) is 5.27. The van der Waals surface area contributed by atoms with Crippen LogP contribution in [0.3, 0.4) is 0 Å². The van der Waals surface area contributed by atoms with Crippen molar-refractivity contribution in [2.75, 3.05) is 38.6 Å². The van der Waals surface area contributed by atoms with E-state index in [1.54, 1.807) is 21.9 Å². The number of halogens is 1. The highest BCUT2D eigenvalue weighted by atomic mass is 19.1. The number of anilines is 1. The van der Waals surface area contributed by atoms with E-state index in [0.717, 1.165) is 25.9 Å². The zero-order valence-corrected chi connectivity index (χ0v) is 14.8. The molecule has 2 aliphatic heterocycles. The molecule has 2 fully saturated rings. The van der Waals surface area contributed by atoms with Gasteiger partial charge in [-0.1, -0.05) is 0 Å². The molecule has 2 heterocycles. The van der Waals surface area contributed by atoms with E-state index in [-0.39, 0.29) is 36.3 Å². The monoisotopic (exact) mass is 349 g/mol. The van der Waals surface area contributed by atoms with Crippen LogP contribution < -0.4 is 15.1 Å². The number of carbonyl (C=O) groups is 2. The topological polar surface area (TPSA) is 57.1 Å². The number of carbonyl (C=O) groups excluding carboxylic acids is 2. The quantitative estimate of drug-likeness (QED) is 0.822. The summed E-state index contributed by atoms with van der Waals surface area (Å²) >= 11 is 0. The Hall–Kier alpha value is -2.15. The zero-order valence-electron chi connectivity index (χ0n) is 14.8. The summed E-state index contributed by atoms with van der Waals surface area (Å²) in [6.45, 7) is 2.56. The lowest BCUT2D eigenvalue weighted by Gasteiger charge is -2.33. The van der Waals surface area contributed by atoms with Gasteiger partial charge in [0.05, 0.1) is 26.2 Å². The van der Waals surface area contributed by atoms with Crippen molar-refractivity contribution >= 4 is 17.6 Å². The average Bonchev–Trinajstić information content (AvgIpc) is 2.96. The third-order valence-electron chi connectivity index (χ3n) is 5.27. The Morgan fingerprint density at radius 3 is 2.56 bits per heavy atom. The van der Waals surface area contributed by atoms with Crippen LogP contribution in [0, 0.1) is 5.82 Å². The summed E-state index contributed by atoms with van der Waals surface area (Å²) in [7, 11) is 4.00. The van der Waals surface area contributed by atoms with Crippen LogP contribution in [0.1, 0.15) is 19.3 Å². The van der Waals surface area contributed by atoms with Crippen LogP contribution in [-0.2, 0) is 4.79 Å². The van der Waals surface area contributed by atoms with Crippen molar-refractivity contribution < 1.29 is 18.9 Å². The van der Waals surface area contributed by atoms with Gasteiger partial charge in [-0.05, 0) is 24.3 Å². The summed E-state index contributed by atoms with van der Waals surface area (Å²) in [5.74, 6) is -0.385. The normalized spacial score (nSPS) is 26.6. The lowest BCUT2D eigenvalue weighted by atomic mass is 10.0. The van der Waals surface area contributed by atoms with Gasteiger partial charge in [0.1, 0.15) is 5.82 Å². The van der Waals surface area contributed by atoms with Crippen molar-refractivity contribution in [1.29, 1.82) is 0 Å². The number of likely N-dealkylation sites (tertiary alicyclic amines) is 1. The molecule has 0 aromatic heterocycles. The minimum Gasteiger partial charge on any atom is -0.337 e. The Morgan fingerprint density at radius 2 is 1.92 bits per heavy atom. The second-order valence-electron chi connectivity index (χ2n) is 7.13. The minimum atomic E-state index is -0.332. The Morgan fingerprint density at radius 1 is 1.28 bits per heavy atom. The summed E-state index contributed by atoms with van der Waals surface area (Å²) in [5, 5.41) is 2.97. The molecule has 6 nitrogen and oxygen atoms in total. The van der Waals surface area contributed by atoms with Crippen molar-refractivity contribution in [2.24, 2.45) is 0 Å². The van der Waals surface area contributed by atoms with Crippen molar-refractivity contribution in [2.45, 2.75) is 31.3 Å². The van der Waals surface area contributed by atoms with E-state index < -0.39 is 0 Å². The molecule has 3 rings (SSSR count). The first kappa shape index (κ1) is 17.7. The standard InChI is InChI=1S/C18H25FN4O2/c1-21-9-7-15(8-10-21)22(2)18(25)20-14-11-17(24)23(12-14)16-5-3-13(19)4-6-16/h3-6,14-15H,7-12H2,1-2H3,(H,20,25)/p+1/t14-/m1/s1. The van der Waals surface area contributed by atoms with E-state index in [4.69, 9.17) is 0 Å². The molecule has 2 N–H and O–H groups in total. The molecule has 0 aliphatic carbocycles. The summed E-state index contributed by atoms with van der Waals surface area (Å²) in [5.41, 5.74) is 0.662. The maximum absolute atomic E-state index is 13.0.